The Morgan fingerprint density at radius 1 is 1.35 bits per heavy atom. The molecular weight excluding hydrogens is 294 g/mol. The summed E-state index contributed by atoms with van der Waals surface area (Å²) in [5.74, 6) is 0.925. The molecule has 4 nitrogen and oxygen atoms in total. The Hall–Kier alpha value is -1.14. The summed E-state index contributed by atoms with van der Waals surface area (Å²) in [6, 6.07) is 9.41. The van der Waals surface area contributed by atoms with Gasteiger partial charge < -0.3 is 10.0 Å². The van der Waals surface area contributed by atoms with Gasteiger partial charge in [0, 0.05) is 17.1 Å². The lowest BCUT2D eigenvalue weighted by Crippen LogP contribution is -2.41. The zero-order valence-electron chi connectivity index (χ0n) is 11.0. The van der Waals surface area contributed by atoms with E-state index in [1.54, 1.807) is 11.8 Å². The van der Waals surface area contributed by atoms with Crippen LogP contribution in [0.25, 0.3) is 0 Å². The minimum Gasteiger partial charge on any atom is -0.480 e. The second-order valence-electron chi connectivity index (χ2n) is 4.48. The molecule has 2 rings (SSSR count). The van der Waals surface area contributed by atoms with E-state index in [2.05, 4.69) is 0 Å². The number of hydrogen-bond donors (Lipinski definition) is 1. The van der Waals surface area contributed by atoms with Gasteiger partial charge in [-0.15, -0.1) is 23.5 Å². The Balaban J connectivity index is 1.71. The van der Waals surface area contributed by atoms with Crippen molar-refractivity contribution in [3.8, 4) is 0 Å². The number of benzene rings is 1. The number of nitrogens with zero attached hydrogens (tertiary/aromatic N) is 1. The van der Waals surface area contributed by atoms with Crippen LogP contribution in [0.5, 0.6) is 0 Å². The average Bonchev–Trinajstić information content (AvgIpc) is 2.94. The number of rotatable bonds is 6. The minimum atomic E-state index is -0.901. The molecule has 1 atom stereocenters. The van der Waals surface area contributed by atoms with E-state index >= 15 is 0 Å². The van der Waals surface area contributed by atoms with Crippen molar-refractivity contribution in [2.75, 3.05) is 17.4 Å². The highest BCUT2D eigenvalue weighted by molar-refractivity contribution is 7.99. The topological polar surface area (TPSA) is 57.6 Å². The number of carboxylic acid groups (broad SMARTS) is 1. The molecule has 0 radical (unpaired) electrons. The molecule has 1 aromatic carbocycles. The molecule has 0 aromatic heterocycles. The van der Waals surface area contributed by atoms with Crippen LogP contribution in [0, 0.1) is 0 Å². The van der Waals surface area contributed by atoms with Crippen LogP contribution in [0.2, 0.25) is 0 Å². The smallest absolute Gasteiger partial charge is 0.327 e. The van der Waals surface area contributed by atoms with Gasteiger partial charge in [0.1, 0.15) is 6.04 Å². The molecule has 1 fully saturated rings. The number of carbonyl (C=O) groups excluding carboxylic acids is 1. The first-order chi connectivity index (χ1) is 9.68. The van der Waals surface area contributed by atoms with E-state index in [0.717, 1.165) is 12.2 Å². The van der Waals surface area contributed by atoms with Crippen molar-refractivity contribution in [2.45, 2.75) is 23.8 Å². The van der Waals surface area contributed by atoms with Crippen molar-refractivity contribution in [1.29, 1.82) is 0 Å². The van der Waals surface area contributed by atoms with Crippen molar-refractivity contribution in [3.05, 3.63) is 30.3 Å². The average molecular weight is 311 g/mol. The third kappa shape index (κ3) is 4.18. The maximum atomic E-state index is 12.0. The highest BCUT2D eigenvalue weighted by Crippen LogP contribution is 2.23. The van der Waals surface area contributed by atoms with Crippen LogP contribution in [0.15, 0.2) is 35.2 Å². The monoisotopic (exact) mass is 311 g/mol. The zero-order valence-corrected chi connectivity index (χ0v) is 12.7. The van der Waals surface area contributed by atoms with Gasteiger partial charge in [0.25, 0.3) is 0 Å². The maximum Gasteiger partial charge on any atom is 0.327 e. The van der Waals surface area contributed by atoms with E-state index in [1.807, 2.05) is 30.3 Å². The van der Waals surface area contributed by atoms with E-state index in [4.69, 9.17) is 5.11 Å². The lowest BCUT2D eigenvalue weighted by Gasteiger charge is -2.20. The standard InChI is InChI=1S/C14H17NO3S2/c16-13(15-10-19-9-12(15)14(17)18)7-4-8-20-11-5-2-1-3-6-11/h1-3,5-6,12H,4,7-10H2,(H,17,18). The zero-order chi connectivity index (χ0) is 14.4. The summed E-state index contributed by atoms with van der Waals surface area (Å²) in [4.78, 5) is 25.7. The summed E-state index contributed by atoms with van der Waals surface area (Å²) in [5.41, 5.74) is 0. The van der Waals surface area contributed by atoms with Gasteiger partial charge in [-0.2, -0.15) is 0 Å². The van der Waals surface area contributed by atoms with E-state index < -0.39 is 12.0 Å². The quantitative estimate of drug-likeness (QED) is 0.646. The molecule has 1 aliphatic rings. The third-order valence-corrected chi connectivity index (χ3v) is 5.15. The van der Waals surface area contributed by atoms with Crippen LogP contribution < -0.4 is 0 Å². The number of amides is 1. The molecule has 1 amide bonds. The van der Waals surface area contributed by atoms with Gasteiger partial charge in [-0.3, -0.25) is 4.79 Å². The Morgan fingerprint density at radius 3 is 2.80 bits per heavy atom. The molecule has 1 N–H and O–H groups in total. The summed E-state index contributed by atoms with van der Waals surface area (Å²) in [6.45, 7) is 0. The second kappa shape index (κ2) is 7.59. The van der Waals surface area contributed by atoms with Crippen molar-refractivity contribution in [2.24, 2.45) is 0 Å². The second-order valence-corrected chi connectivity index (χ2v) is 6.65. The van der Waals surface area contributed by atoms with Crippen molar-refractivity contribution in [3.63, 3.8) is 0 Å². The van der Waals surface area contributed by atoms with E-state index in [1.165, 1.54) is 21.6 Å². The van der Waals surface area contributed by atoms with E-state index in [9.17, 15) is 9.59 Å². The van der Waals surface area contributed by atoms with E-state index in [-0.39, 0.29) is 5.91 Å². The van der Waals surface area contributed by atoms with Gasteiger partial charge >= 0.3 is 5.97 Å². The predicted molar refractivity (Wildman–Crippen MR) is 82.0 cm³/mol. The van der Waals surface area contributed by atoms with Crippen molar-refractivity contribution < 1.29 is 14.7 Å². The molecule has 1 saturated heterocycles. The Bertz CT molecular complexity index is 467. The Kier molecular flexibility index (Phi) is 5.79. The molecule has 0 saturated carbocycles. The molecule has 20 heavy (non-hydrogen) atoms. The fraction of sp³-hybridized carbons (Fsp3) is 0.429. The fourth-order valence-corrected chi connectivity index (χ4v) is 4.01. The molecular formula is C14H17NO3S2. The maximum absolute atomic E-state index is 12.0. The van der Waals surface area contributed by atoms with Crippen LogP contribution in [0.1, 0.15) is 12.8 Å². The van der Waals surface area contributed by atoms with Gasteiger partial charge in [0.2, 0.25) is 5.91 Å². The van der Waals surface area contributed by atoms with Crippen LogP contribution in [-0.2, 0) is 9.59 Å². The van der Waals surface area contributed by atoms with E-state index in [0.29, 0.717) is 18.1 Å². The van der Waals surface area contributed by atoms with Crippen molar-refractivity contribution in [1.82, 2.24) is 4.90 Å². The summed E-state index contributed by atoms with van der Waals surface area (Å²) >= 11 is 3.22. The van der Waals surface area contributed by atoms with Gasteiger partial charge in [-0.05, 0) is 24.3 Å². The molecule has 6 heteroatoms. The minimum absolute atomic E-state index is 0.0453. The summed E-state index contributed by atoms with van der Waals surface area (Å²) in [7, 11) is 0. The predicted octanol–water partition coefficient (Wildman–Crippen LogP) is 2.55. The molecule has 0 aliphatic carbocycles. The molecule has 1 aromatic rings. The number of carbonyl (C=O) groups is 2. The normalized spacial score (nSPS) is 18.2. The summed E-state index contributed by atoms with van der Waals surface area (Å²) in [5, 5.41) is 9.04. The lowest BCUT2D eigenvalue weighted by molar-refractivity contribution is -0.147. The highest BCUT2D eigenvalue weighted by atomic mass is 32.2. The lowest BCUT2D eigenvalue weighted by atomic mass is 10.2. The van der Waals surface area contributed by atoms with Gasteiger partial charge in [0.05, 0.1) is 5.88 Å². The van der Waals surface area contributed by atoms with Crippen molar-refractivity contribution >= 4 is 35.4 Å². The summed E-state index contributed by atoms with van der Waals surface area (Å²) < 4.78 is 0. The highest BCUT2D eigenvalue weighted by Gasteiger charge is 2.33. The first kappa shape index (κ1) is 15.3. The van der Waals surface area contributed by atoms with Gasteiger partial charge in [-0.1, -0.05) is 18.2 Å². The molecule has 0 bridgehead atoms. The molecule has 1 unspecified atom stereocenters. The molecule has 108 valence electrons. The molecule has 1 aliphatic heterocycles. The van der Waals surface area contributed by atoms with Gasteiger partial charge in [0.15, 0.2) is 0 Å². The first-order valence-electron chi connectivity index (χ1n) is 6.46. The summed E-state index contributed by atoms with van der Waals surface area (Å²) in [6.07, 6.45) is 1.19. The molecule has 0 spiro atoms. The third-order valence-electron chi connectivity index (χ3n) is 3.03. The largest absolute Gasteiger partial charge is 0.480 e. The fourth-order valence-electron chi connectivity index (χ4n) is 1.97. The van der Waals surface area contributed by atoms with Crippen LogP contribution >= 0.6 is 23.5 Å². The molecule has 1 heterocycles. The first-order valence-corrected chi connectivity index (χ1v) is 8.60. The SMILES string of the molecule is O=C(O)C1CSCN1C(=O)CCCSc1ccccc1. The van der Waals surface area contributed by atoms with Crippen LogP contribution in [0.4, 0.5) is 0 Å². The number of hydrogen-bond acceptors (Lipinski definition) is 4. The van der Waals surface area contributed by atoms with Gasteiger partial charge in [-0.25, -0.2) is 4.79 Å². The number of thioether (sulfide) groups is 2. The Morgan fingerprint density at radius 2 is 2.10 bits per heavy atom. The number of carboxylic acids is 1. The van der Waals surface area contributed by atoms with Crippen LogP contribution in [0.3, 0.4) is 0 Å². The van der Waals surface area contributed by atoms with Crippen LogP contribution in [-0.4, -0.2) is 45.3 Å². The Labute approximate surface area is 126 Å². The number of aliphatic carboxylic acids is 1.